The van der Waals surface area contributed by atoms with Crippen LogP contribution in [0.2, 0.25) is 0 Å². The van der Waals surface area contributed by atoms with Gasteiger partial charge in [-0.2, -0.15) is 5.10 Å². The Morgan fingerprint density at radius 2 is 2.00 bits per heavy atom. The first-order chi connectivity index (χ1) is 16.2. The van der Waals surface area contributed by atoms with Gasteiger partial charge in [0, 0.05) is 49.6 Å². The zero-order valence-corrected chi connectivity index (χ0v) is 19.3. The van der Waals surface area contributed by atoms with Crippen LogP contribution < -0.4 is 9.64 Å². The number of piperidine rings is 1. The Morgan fingerprint density at radius 1 is 1.15 bits per heavy atom. The van der Waals surface area contributed by atoms with Crippen molar-refractivity contribution in [2.24, 2.45) is 0 Å². The number of carbonyl (C=O) groups excluding carboxylic acids is 1. The molecule has 0 saturated carbocycles. The van der Waals surface area contributed by atoms with Crippen molar-refractivity contribution in [3.8, 4) is 17.0 Å². The van der Waals surface area contributed by atoms with Gasteiger partial charge in [-0.3, -0.25) is 9.89 Å². The summed E-state index contributed by atoms with van der Waals surface area (Å²) >= 11 is 0. The molecular formula is C25H30N6O2. The summed E-state index contributed by atoms with van der Waals surface area (Å²) in [7, 11) is 1.62. The van der Waals surface area contributed by atoms with Gasteiger partial charge in [0.2, 0.25) is 5.95 Å². The van der Waals surface area contributed by atoms with Crippen LogP contribution >= 0.6 is 0 Å². The number of aryl methyl sites for hydroxylation is 1. The Kier molecular flexibility index (Phi) is 5.98. The Morgan fingerprint density at radius 3 is 2.82 bits per heavy atom. The lowest BCUT2D eigenvalue weighted by molar-refractivity contribution is 0.0702. The number of methoxy groups -OCH3 is 1. The van der Waals surface area contributed by atoms with E-state index in [4.69, 9.17) is 9.72 Å². The summed E-state index contributed by atoms with van der Waals surface area (Å²) in [4.78, 5) is 26.9. The summed E-state index contributed by atoms with van der Waals surface area (Å²) < 4.78 is 5.54. The van der Waals surface area contributed by atoms with Crippen molar-refractivity contribution in [3.63, 3.8) is 0 Å². The minimum absolute atomic E-state index is 0.0136. The van der Waals surface area contributed by atoms with E-state index in [1.165, 1.54) is 12.8 Å². The lowest BCUT2D eigenvalue weighted by Gasteiger charge is -2.33. The smallest absolute Gasteiger partial charge is 0.257 e. The Hall–Kier alpha value is -3.42. The first kappa shape index (κ1) is 21.4. The molecule has 0 radical (unpaired) electrons. The number of ether oxygens (including phenoxy) is 1. The molecule has 2 aliphatic heterocycles. The molecule has 1 N–H and O–H groups in total. The van der Waals surface area contributed by atoms with Crippen molar-refractivity contribution in [2.45, 2.75) is 38.5 Å². The number of aromatic amines is 1. The fourth-order valence-corrected chi connectivity index (χ4v) is 5.04. The number of amides is 1. The third-order valence-corrected chi connectivity index (χ3v) is 6.74. The summed E-state index contributed by atoms with van der Waals surface area (Å²) in [6, 6.07) is 7.66. The van der Waals surface area contributed by atoms with Gasteiger partial charge in [0.15, 0.2) is 0 Å². The minimum atomic E-state index is 0.0136. The molecule has 2 aliphatic rings. The number of carbonyl (C=O) groups is 1. The Bertz CT molecular complexity index is 1140. The van der Waals surface area contributed by atoms with Crippen molar-refractivity contribution in [3.05, 3.63) is 53.5 Å². The van der Waals surface area contributed by atoms with E-state index >= 15 is 0 Å². The number of nitrogens with zero attached hydrogens (tertiary/aromatic N) is 5. The van der Waals surface area contributed by atoms with Crippen molar-refractivity contribution in [2.75, 3.05) is 38.2 Å². The van der Waals surface area contributed by atoms with Crippen LogP contribution in [0.25, 0.3) is 11.3 Å². The molecule has 8 heteroatoms. The van der Waals surface area contributed by atoms with Crippen LogP contribution in [0.15, 0.2) is 36.7 Å². The lowest BCUT2D eigenvalue weighted by Crippen LogP contribution is -2.39. The highest BCUT2D eigenvalue weighted by Gasteiger charge is 2.30. The maximum atomic E-state index is 13.4. The number of anilines is 1. The highest BCUT2D eigenvalue weighted by atomic mass is 16.5. The van der Waals surface area contributed by atoms with Gasteiger partial charge in [-0.25, -0.2) is 9.97 Å². The third kappa shape index (κ3) is 4.17. The maximum Gasteiger partial charge on any atom is 0.257 e. The van der Waals surface area contributed by atoms with Gasteiger partial charge in [-0.05, 0) is 50.3 Å². The first-order valence-corrected chi connectivity index (χ1v) is 11.7. The number of aromatic nitrogens is 4. The van der Waals surface area contributed by atoms with Crippen LogP contribution in [-0.2, 0) is 0 Å². The van der Waals surface area contributed by atoms with Crippen LogP contribution in [0.4, 0.5) is 5.95 Å². The summed E-state index contributed by atoms with van der Waals surface area (Å²) in [5.41, 5.74) is 4.49. The number of para-hydroxylation sites is 1. The predicted molar refractivity (Wildman–Crippen MR) is 127 cm³/mol. The van der Waals surface area contributed by atoms with Gasteiger partial charge in [-0.1, -0.05) is 12.1 Å². The fourth-order valence-electron chi connectivity index (χ4n) is 5.04. The van der Waals surface area contributed by atoms with Gasteiger partial charge in [0.05, 0.1) is 24.6 Å². The second kappa shape index (κ2) is 9.21. The van der Waals surface area contributed by atoms with Crippen LogP contribution in [0.5, 0.6) is 5.75 Å². The molecule has 5 rings (SSSR count). The number of nitrogens with one attached hydrogen (secondary N) is 1. The molecule has 172 valence electrons. The summed E-state index contributed by atoms with van der Waals surface area (Å²) in [5.74, 6) is 1.62. The van der Waals surface area contributed by atoms with Crippen LogP contribution in [0.1, 0.15) is 53.2 Å². The average Bonchev–Trinajstić information content (AvgIpc) is 3.56. The quantitative estimate of drug-likeness (QED) is 0.641. The molecule has 2 aromatic heterocycles. The van der Waals surface area contributed by atoms with Crippen LogP contribution in [0, 0.1) is 6.92 Å². The normalized spacial score (nSPS) is 18.5. The fraction of sp³-hybridized carbons (Fsp3) is 0.440. The molecule has 0 bridgehead atoms. The first-order valence-electron chi connectivity index (χ1n) is 11.7. The van der Waals surface area contributed by atoms with E-state index in [0.717, 1.165) is 60.9 Å². The van der Waals surface area contributed by atoms with Crippen molar-refractivity contribution in [1.82, 2.24) is 25.1 Å². The van der Waals surface area contributed by atoms with E-state index in [-0.39, 0.29) is 11.8 Å². The molecule has 1 atom stereocenters. The van der Waals surface area contributed by atoms with Crippen molar-refractivity contribution >= 4 is 11.9 Å². The molecule has 0 aliphatic carbocycles. The van der Waals surface area contributed by atoms with E-state index < -0.39 is 0 Å². The van der Waals surface area contributed by atoms with Crippen LogP contribution in [0.3, 0.4) is 0 Å². The molecule has 0 unspecified atom stereocenters. The van der Waals surface area contributed by atoms with E-state index in [1.807, 2.05) is 48.5 Å². The molecule has 1 aromatic carbocycles. The van der Waals surface area contributed by atoms with E-state index in [0.29, 0.717) is 17.9 Å². The minimum Gasteiger partial charge on any atom is -0.496 e. The Balaban J connectivity index is 1.39. The summed E-state index contributed by atoms with van der Waals surface area (Å²) in [6.07, 6.45) is 7.97. The van der Waals surface area contributed by atoms with Gasteiger partial charge >= 0.3 is 0 Å². The molecule has 33 heavy (non-hydrogen) atoms. The molecule has 2 fully saturated rings. The number of likely N-dealkylation sites (tertiary alicyclic amines) is 1. The highest BCUT2D eigenvalue weighted by molar-refractivity contribution is 5.97. The molecule has 0 spiro atoms. The van der Waals surface area contributed by atoms with Gasteiger partial charge in [-0.15, -0.1) is 0 Å². The van der Waals surface area contributed by atoms with Crippen LogP contribution in [-0.4, -0.2) is 64.3 Å². The monoisotopic (exact) mass is 446 g/mol. The number of hydrogen-bond donors (Lipinski definition) is 1. The number of H-pyrrole nitrogens is 1. The van der Waals surface area contributed by atoms with Gasteiger partial charge in [0.25, 0.3) is 5.91 Å². The summed E-state index contributed by atoms with van der Waals surface area (Å²) in [6.45, 7) is 5.34. The molecule has 1 amide bonds. The second-order valence-corrected chi connectivity index (χ2v) is 8.88. The van der Waals surface area contributed by atoms with E-state index in [1.54, 1.807) is 7.11 Å². The summed E-state index contributed by atoms with van der Waals surface area (Å²) in [5, 5.41) is 7.55. The zero-order valence-electron chi connectivity index (χ0n) is 19.3. The highest BCUT2D eigenvalue weighted by Crippen LogP contribution is 2.34. The molecule has 2 saturated heterocycles. The molecular weight excluding hydrogens is 416 g/mol. The number of benzene rings is 1. The van der Waals surface area contributed by atoms with E-state index in [9.17, 15) is 4.79 Å². The number of rotatable bonds is 5. The predicted octanol–water partition coefficient (Wildman–Crippen LogP) is 3.80. The van der Waals surface area contributed by atoms with Gasteiger partial charge < -0.3 is 14.5 Å². The van der Waals surface area contributed by atoms with E-state index in [2.05, 4.69) is 20.1 Å². The molecule has 8 nitrogen and oxygen atoms in total. The zero-order chi connectivity index (χ0) is 22.8. The van der Waals surface area contributed by atoms with Crippen molar-refractivity contribution in [1.29, 1.82) is 0 Å². The van der Waals surface area contributed by atoms with Crippen molar-refractivity contribution < 1.29 is 9.53 Å². The van der Waals surface area contributed by atoms with Gasteiger partial charge in [0.1, 0.15) is 5.75 Å². The third-order valence-electron chi connectivity index (χ3n) is 6.74. The lowest BCUT2D eigenvalue weighted by atomic mass is 9.91. The topological polar surface area (TPSA) is 87.2 Å². The average molecular weight is 447 g/mol. The molecule has 3 aromatic rings. The SMILES string of the molecule is COc1c(C)cccc1C(=O)N1CCC[C@H](c2[nH]ncc2-c2ccnc(N3CCCC3)n2)C1. The standard InChI is InChI=1S/C25H30N6O2/c1-17-7-5-9-19(23(17)33-2)24(32)31-14-6-8-18(16-31)22-20(15-27-29-22)21-10-11-26-25(28-21)30-12-3-4-13-30/h5,7,9-11,15,18H,3-4,6,8,12-14,16H2,1-2H3,(H,27,29)/t18-/m0/s1. The Labute approximate surface area is 194 Å². The maximum absolute atomic E-state index is 13.4. The second-order valence-electron chi connectivity index (χ2n) is 8.88. The largest absolute Gasteiger partial charge is 0.496 e. The number of hydrogen-bond acceptors (Lipinski definition) is 6. The molecule has 4 heterocycles.